The highest BCUT2D eigenvalue weighted by Crippen LogP contribution is 2.24. The van der Waals surface area contributed by atoms with Crippen LogP contribution in [-0.4, -0.2) is 23.7 Å². The molecule has 1 atom stereocenters. The Hall–Kier alpha value is -1.39. The number of thiophene rings is 1. The SMILES string of the molecule is C[C@@H](O)CNC(=O)c1cc2ccccc2s1. The van der Waals surface area contributed by atoms with Crippen molar-refractivity contribution < 1.29 is 9.90 Å². The molecule has 1 aromatic heterocycles. The van der Waals surface area contributed by atoms with Gasteiger partial charge in [-0.05, 0) is 24.4 Å². The van der Waals surface area contributed by atoms with Crippen LogP contribution in [0.1, 0.15) is 16.6 Å². The number of amides is 1. The topological polar surface area (TPSA) is 49.3 Å². The van der Waals surface area contributed by atoms with E-state index >= 15 is 0 Å². The monoisotopic (exact) mass is 235 g/mol. The number of nitrogens with one attached hydrogen (secondary N) is 1. The summed E-state index contributed by atoms with van der Waals surface area (Å²) in [7, 11) is 0. The van der Waals surface area contributed by atoms with E-state index in [1.807, 2.05) is 30.3 Å². The normalized spacial score (nSPS) is 12.6. The van der Waals surface area contributed by atoms with Crippen molar-refractivity contribution in [3.63, 3.8) is 0 Å². The fourth-order valence-corrected chi connectivity index (χ4v) is 2.40. The summed E-state index contributed by atoms with van der Waals surface area (Å²) in [4.78, 5) is 12.4. The Balaban J connectivity index is 2.17. The van der Waals surface area contributed by atoms with Crippen LogP contribution in [0.3, 0.4) is 0 Å². The summed E-state index contributed by atoms with van der Waals surface area (Å²) < 4.78 is 1.10. The Morgan fingerprint density at radius 3 is 2.94 bits per heavy atom. The van der Waals surface area contributed by atoms with E-state index in [2.05, 4.69) is 5.32 Å². The maximum absolute atomic E-state index is 11.7. The Morgan fingerprint density at radius 2 is 2.25 bits per heavy atom. The highest BCUT2D eigenvalue weighted by atomic mass is 32.1. The minimum absolute atomic E-state index is 0.123. The van der Waals surface area contributed by atoms with Crippen LogP contribution in [0.15, 0.2) is 30.3 Å². The summed E-state index contributed by atoms with van der Waals surface area (Å²) in [5.74, 6) is -0.123. The zero-order chi connectivity index (χ0) is 11.5. The molecule has 0 aliphatic carbocycles. The summed E-state index contributed by atoms with van der Waals surface area (Å²) in [6.45, 7) is 1.93. The molecule has 1 aromatic carbocycles. The minimum atomic E-state index is -0.515. The molecule has 0 saturated carbocycles. The second-order valence-corrected chi connectivity index (χ2v) is 4.79. The van der Waals surface area contributed by atoms with Crippen molar-refractivity contribution in [3.05, 3.63) is 35.2 Å². The van der Waals surface area contributed by atoms with Gasteiger partial charge in [0.2, 0.25) is 0 Å². The smallest absolute Gasteiger partial charge is 0.261 e. The molecule has 0 spiro atoms. The number of hydrogen-bond acceptors (Lipinski definition) is 3. The van der Waals surface area contributed by atoms with Crippen molar-refractivity contribution in [2.24, 2.45) is 0 Å². The van der Waals surface area contributed by atoms with Crippen molar-refractivity contribution in [2.75, 3.05) is 6.54 Å². The molecule has 2 N–H and O–H groups in total. The average molecular weight is 235 g/mol. The molecular weight excluding hydrogens is 222 g/mol. The summed E-state index contributed by atoms with van der Waals surface area (Å²) in [5.41, 5.74) is 0. The summed E-state index contributed by atoms with van der Waals surface area (Å²) in [5, 5.41) is 12.8. The largest absolute Gasteiger partial charge is 0.392 e. The molecule has 1 heterocycles. The van der Waals surface area contributed by atoms with Crippen LogP contribution in [0.5, 0.6) is 0 Å². The third kappa shape index (κ3) is 2.40. The Bertz CT molecular complexity index is 471. The molecule has 0 saturated heterocycles. The maximum Gasteiger partial charge on any atom is 0.261 e. The number of aliphatic hydroxyl groups excluding tert-OH is 1. The second-order valence-electron chi connectivity index (χ2n) is 3.71. The van der Waals surface area contributed by atoms with Crippen LogP contribution >= 0.6 is 11.3 Å². The standard InChI is InChI=1S/C12H13NO2S/c1-8(14)7-13-12(15)11-6-9-4-2-3-5-10(9)16-11/h2-6,8,14H,7H2,1H3,(H,13,15)/t8-/m1/s1. The first-order chi connectivity index (χ1) is 7.66. The Kier molecular flexibility index (Phi) is 3.22. The fourth-order valence-electron chi connectivity index (χ4n) is 1.42. The van der Waals surface area contributed by atoms with Gasteiger partial charge in [0.15, 0.2) is 0 Å². The lowest BCUT2D eigenvalue weighted by atomic mass is 10.2. The molecule has 4 heteroatoms. The molecule has 0 aliphatic heterocycles. The predicted octanol–water partition coefficient (Wildman–Crippen LogP) is 2.01. The van der Waals surface area contributed by atoms with Gasteiger partial charge in [0.1, 0.15) is 0 Å². The molecule has 1 amide bonds. The molecule has 2 aromatic rings. The number of carbonyl (C=O) groups excluding carboxylic acids is 1. The van der Waals surface area contributed by atoms with E-state index in [-0.39, 0.29) is 12.5 Å². The number of benzene rings is 1. The molecule has 2 rings (SSSR count). The molecule has 0 aliphatic rings. The van der Waals surface area contributed by atoms with Gasteiger partial charge in [-0.15, -0.1) is 11.3 Å². The molecular formula is C12H13NO2S. The van der Waals surface area contributed by atoms with Crippen LogP contribution in [0, 0.1) is 0 Å². The predicted molar refractivity (Wildman–Crippen MR) is 65.8 cm³/mol. The van der Waals surface area contributed by atoms with Crippen molar-refractivity contribution >= 4 is 27.3 Å². The fraction of sp³-hybridized carbons (Fsp3) is 0.250. The van der Waals surface area contributed by atoms with Crippen LogP contribution in [0.4, 0.5) is 0 Å². The minimum Gasteiger partial charge on any atom is -0.392 e. The number of carbonyl (C=O) groups is 1. The van der Waals surface area contributed by atoms with Crippen LogP contribution in [0.25, 0.3) is 10.1 Å². The van der Waals surface area contributed by atoms with E-state index in [0.717, 1.165) is 10.1 Å². The third-order valence-corrected chi connectivity index (χ3v) is 3.32. The molecule has 0 unspecified atom stereocenters. The van der Waals surface area contributed by atoms with Crippen LogP contribution in [-0.2, 0) is 0 Å². The lowest BCUT2D eigenvalue weighted by Crippen LogP contribution is -2.29. The van der Waals surface area contributed by atoms with Crippen LogP contribution < -0.4 is 5.32 Å². The van der Waals surface area contributed by atoms with Gasteiger partial charge in [0.05, 0.1) is 11.0 Å². The van der Waals surface area contributed by atoms with Crippen molar-refractivity contribution in [1.82, 2.24) is 5.32 Å². The zero-order valence-electron chi connectivity index (χ0n) is 8.93. The van der Waals surface area contributed by atoms with Gasteiger partial charge in [0.25, 0.3) is 5.91 Å². The van der Waals surface area contributed by atoms with E-state index in [1.54, 1.807) is 6.92 Å². The van der Waals surface area contributed by atoms with E-state index in [1.165, 1.54) is 11.3 Å². The molecule has 0 radical (unpaired) electrons. The number of hydrogen-bond donors (Lipinski definition) is 2. The quantitative estimate of drug-likeness (QED) is 0.855. The van der Waals surface area contributed by atoms with Crippen LogP contribution in [0.2, 0.25) is 0 Å². The van der Waals surface area contributed by atoms with Gasteiger partial charge < -0.3 is 10.4 Å². The van der Waals surface area contributed by atoms with Crippen molar-refractivity contribution in [1.29, 1.82) is 0 Å². The van der Waals surface area contributed by atoms with E-state index in [0.29, 0.717) is 4.88 Å². The first-order valence-corrected chi connectivity index (χ1v) is 5.93. The number of rotatable bonds is 3. The van der Waals surface area contributed by atoms with Gasteiger partial charge in [-0.1, -0.05) is 18.2 Å². The van der Waals surface area contributed by atoms with E-state index in [9.17, 15) is 4.79 Å². The highest BCUT2D eigenvalue weighted by Gasteiger charge is 2.09. The van der Waals surface area contributed by atoms with Crippen molar-refractivity contribution in [3.8, 4) is 0 Å². The van der Waals surface area contributed by atoms with Crippen molar-refractivity contribution in [2.45, 2.75) is 13.0 Å². The highest BCUT2D eigenvalue weighted by molar-refractivity contribution is 7.20. The maximum atomic E-state index is 11.7. The molecule has 84 valence electrons. The lowest BCUT2D eigenvalue weighted by Gasteiger charge is -2.04. The lowest BCUT2D eigenvalue weighted by molar-refractivity contribution is 0.0928. The van der Waals surface area contributed by atoms with E-state index < -0.39 is 6.10 Å². The average Bonchev–Trinajstić information content (AvgIpc) is 2.69. The molecule has 16 heavy (non-hydrogen) atoms. The van der Waals surface area contributed by atoms with Gasteiger partial charge in [-0.3, -0.25) is 4.79 Å². The van der Waals surface area contributed by atoms with Gasteiger partial charge in [0, 0.05) is 11.2 Å². The first-order valence-electron chi connectivity index (χ1n) is 5.11. The molecule has 0 bridgehead atoms. The van der Waals surface area contributed by atoms with Gasteiger partial charge in [-0.25, -0.2) is 0 Å². The second kappa shape index (κ2) is 4.63. The number of fused-ring (bicyclic) bond motifs is 1. The molecule has 3 nitrogen and oxygen atoms in total. The summed E-state index contributed by atoms with van der Waals surface area (Å²) in [6, 6.07) is 9.75. The Labute approximate surface area is 97.7 Å². The van der Waals surface area contributed by atoms with E-state index in [4.69, 9.17) is 5.11 Å². The van der Waals surface area contributed by atoms with Gasteiger partial charge in [-0.2, -0.15) is 0 Å². The summed E-state index contributed by atoms with van der Waals surface area (Å²) in [6.07, 6.45) is -0.515. The van der Waals surface area contributed by atoms with Gasteiger partial charge >= 0.3 is 0 Å². The molecule has 0 fully saturated rings. The zero-order valence-corrected chi connectivity index (χ0v) is 9.75. The third-order valence-electron chi connectivity index (χ3n) is 2.21. The summed E-state index contributed by atoms with van der Waals surface area (Å²) >= 11 is 1.46. The number of aliphatic hydroxyl groups is 1. The Morgan fingerprint density at radius 1 is 1.50 bits per heavy atom. The first kappa shape index (κ1) is 11.1.